The van der Waals surface area contributed by atoms with Crippen molar-refractivity contribution in [3.8, 4) is 11.5 Å². The first kappa shape index (κ1) is 19.1. The standard InChI is InChI=1S/C23H20N2O3S/c1-24-22-21(29-23(26)25-22)13-15-10-11-19(20(12-15)27-2)28-14-17-8-5-7-16-6-3-4-9-18(16)17/h3-13H,14H2,1-2H3,(H,24,25,26)/b21-13-. The minimum absolute atomic E-state index is 0.126. The van der Waals surface area contributed by atoms with Gasteiger partial charge in [-0.1, -0.05) is 48.5 Å². The molecule has 1 N–H and O–H groups in total. The molecule has 5 nitrogen and oxygen atoms in total. The molecule has 0 saturated carbocycles. The number of benzene rings is 3. The molecule has 0 aromatic heterocycles. The van der Waals surface area contributed by atoms with Gasteiger partial charge in [-0.25, -0.2) is 0 Å². The second-order valence-corrected chi connectivity index (χ2v) is 7.45. The summed E-state index contributed by atoms with van der Waals surface area (Å²) in [5.41, 5.74) is 2.02. The van der Waals surface area contributed by atoms with Crippen molar-refractivity contribution in [3.63, 3.8) is 0 Å². The molecule has 1 amide bonds. The van der Waals surface area contributed by atoms with E-state index in [0.717, 1.165) is 27.8 Å². The Balaban J connectivity index is 1.57. The summed E-state index contributed by atoms with van der Waals surface area (Å²) in [5.74, 6) is 1.88. The van der Waals surface area contributed by atoms with Gasteiger partial charge >= 0.3 is 0 Å². The summed E-state index contributed by atoms with van der Waals surface area (Å²) in [5, 5.41) is 4.96. The summed E-state index contributed by atoms with van der Waals surface area (Å²) < 4.78 is 11.6. The van der Waals surface area contributed by atoms with Crippen molar-refractivity contribution in [2.45, 2.75) is 6.61 Å². The highest BCUT2D eigenvalue weighted by atomic mass is 32.2. The average Bonchev–Trinajstić information content (AvgIpc) is 3.11. The molecule has 0 bridgehead atoms. The molecule has 1 aliphatic heterocycles. The van der Waals surface area contributed by atoms with E-state index in [1.807, 2.05) is 42.5 Å². The highest BCUT2D eigenvalue weighted by Crippen LogP contribution is 2.32. The molecule has 0 atom stereocenters. The number of carbonyl (C=O) groups excluding carboxylic acids is 1. The molecule has 146 valence electrons. The summed E-state index contributed by atoms with van der Waals surface area (Å²) in [6, 6.07) is 20.2. The zero-order chi connectivity index (χ0) is 20.2. The lowest BCUT2D eigenvalue weighted by Crippen LogP contribution is -2.18. The summed E-state index contributed by atoms with van der Waals surface area (Å²) >= 11 is 1.13. The molecule has 3 aromatic rings. The van der Waals surface area contributed by atoms with E-state index in [1.54, 1.807) is 14.2 Å². The van der Waals surface area contributed by atoms with Crippen LogP contribution in [0.15, 0.2) is 70.6 Å². The Morgan fingerprint density at radius 2 is 1.90 bits per heavy atom. The Kier molecular flexibility index (Phi) is 5.53. The minimum Gasteiger partial charge on any atom is -0.493 e. The molecule has 3 aromatic carbocycles. The van der Waals surface area contributed by atoms with Crippen LogP contribution in [0.5, 0.6) is 11.5 Å². The van der Waals surface area contributed by atoms with Gasteiger partial charge in [0, 0.05) is 7.05 Å². The number of hydrogen-bond donors (Lipinski definition) is 1. The molecular weight excluding hydrogens is 384 g/mol. The Labute approximate surface area is 173 Å². The van der Waals surface area contributed by atoms with Crippen LogP contribution in [0, 0.1) is 0 Å². The van der Waals surface area contributed by atoms with Crippen LogP contribution >= 0.6 is 11.8 Å². The topological polar surface area (TPSA) is 59.9 Å². The molecule has 1 fully saturated rings. The maximum absolute atomic E-state index is 11.6. The number of carbonyl (C=O) groups is 1. The number of aliphatic imine (C=N–C) groups is 1. The van der Waals surface area contributed by atoms with Gasteiger partial charge in [0.05, 0.1) is 12.0 Å². The van der Waals surface area contributed by atoms with Gasteiger partial charge in [0.15, 0.2) is 11.5 Å². The smallest absolute Gasteiger partial charge is 0.289 e. The number of methoxy groups -OCH3 is 1. The Morgan fingerprint density at radius 3 is 2.72 bits per heavy atom. The van der Waals surface area contributed by atoms with E-state index in [9.17, 15) is 4.79 Å². The van der Waals surface area contributed by atoms with Crippen molar-refractivity contribution in [3.05, 3.63) is 76.7 Å². The van der Waals surface area contributed by atoms with Crippen molar-refractivity contribution in [1.29, 1.82) is 0 Å². The number of thioether (sulfide) groups is 1. The molecule has 0 spiro atoms. The summed E-state index contributed by atoms with van der Waals surface area (Å²) in [6.45, 7) is 0.444. The fourth-order valence-electron chi connectivity index (χ4n) is 3.21. The van der Waals surface area contributed by atoms with E-state index in [-0.39, 0.29) is 5.24 Å². The van der Waals surface area contributed by atoms with Gasteiger partial charge in [-0.2, -0.15) is 0 Å². The van der Waals surface area contributed by atoms with Crippen LogP contribution in [0.1, 0.15) is 11.1 Å². The second-order valence-electron chi connectivity index (χ2n) is 6.43. The van der Waals surface area contributed by atoms with Crippen molar-refractivity contribution in [1.82, 2.24) is 5.32 Å². The molecule has 1 heterocycles. The lowest BCUT2D eigenvalue weighted by molar-refractivity contribution is 0.265. The van der Waals surface area contributed by atoms with Gasteiger partial charge in [0.1, 0.15) is 12.4 Å². The van der Waals surface area contributed by atoms with Crippen molar-refractivity contribution in [2.24, 2.45) is 4.99 Å². The monoisotopic (exact) mass is 404 g/mol. The van der Waals surface area contributed by atoms with Crippen LogP contribution in [0.25, 0.3) is 16.8 Å². The summed E-state index contributed by atoms with van der Waals surface area (Å²) in [7, 11) is 3.27. The first-order chi connectivity index (χ1) is 14.2. The van der Waals surface area contributed by atoms with Crippen LogP contribution in [0.2, 0.25) is 0 Å². The van der Waals surface area contributed by atoms with Gasteiger partial charge in [-0.05, 0) is 51.9 Å². The Bertz CT molecular complexity index is 1130. The van der Waals surface area contributed by atoms with E-state index in [4.69, 9.17) is 9.47 Å². The average molecular weight is 404 g/mol. The summed E-state index contributed by atoms with van der Waals surface area (Å²) in [4.78, 5) is 16.5. The molecule has 0 radical (unpaired) electrons. The third kappa shape index (κ3) is 4.12. The number of amides is 1. The van der Waals surface area contributed by atoms with Crippen molar-refractivity contribution < 1.29 is 14.3 Å². The van der Waals surface area contributed by atoms with Crippen molar-refractivity contribution in [2.75, 3.05) is 14.2 Å². The van der Waals surface area contributed by atoms with Crippen LogP contribution in [-0.4, -0.2) is 25.2 Å². The van der Waals surface area contributed by atoms with Gasteiger partial charge in [-0.3, -0.25) is 9.79 Å². The van der Waals surface area contributed by atoms with Gasteiger partial charge in [-0.15, -0.1) is 0 Å². The minimum atomic E-state index is -0.126. The number of hydrogen-bond acceptors (Lipinski definition) is 5. The number of fused-ring (bicyclic) bond motifs is 1. The molecule has 6 heteroatoms. The number of ether oxygens (including phenoxy) is 2. The predicted molar refractivity (Wildman–Crippen MR) is 119 cm³/mol. The van der Waals surface area contributed by atoms with Crippen molar-refractivity contribution >= 4 is 39.7 Å². The maximum Gasteiger partial charge on any atom is 0.289 e. The van der Waals surface area contributed by atoms with E-state index in [0.29, 0.717) is 23.9 Å². The predicted octanol–water partition coefficient (Wildman–Crippen LogP) is 5.25. The molecule has 0 aliphatic carbocycles. The first-order valence-corrected chi connectivity index (χ1v) is 9.95. The SMILES string of the molecule is CN=C1NC(=O)S/C1=C\c1ccc(OCc2cccc3ccccc23)c(OC)c1. The third-order valence-corrected chi connectivity index (χ3v) is 5.45. The van der Waals surface area contributed by atoms with Crippen LogP contribution in [0.4, 0.5) is 4.79 Å². The normalized spacial score (nSPS) is 16.4. The third-order valence-electron chi connectivity index (χ3n) is 4.63. The van der Waals surface area contributed by atoms with Gasteiger partial charge < -0.3 is 14.8 Å². The Hall–Kier alpha value is -3.25. The lowest BCUT2D eigenvalue weighted by Gasteiger charge is -2.13. The quantitative estimate of drug-likeness (QED) is 0.631. The summed E-state index contributed by atoms with van der Waals surface area (Å²) in [6.07, 6.45) is 1.90. The zero-order valence-corrected chi connectivity index (χ0v) is 17.0. The largest absolute Gasteiger partial charge is 0.493 e. The Morgan fingerprint density at radius 1 is 1.07 bits per heavy atom. The molecule has 0 unspecified atom stereocenters. The fourth-order valence-corrected chi connectivity index (χ4v) is 4.00. The van der Waals surface area contributed by atoms with Gasteiger partial charge in [0.2, 0.25) is 0 Å². The molecular formula is C23H20N2O3S. The molecule has 29 heavy (non-hydrogen) atoms. The van der Waals surface area contributed by atoms with E-state index in [2.05, 4.69) is 34.6 Å². The maximum atomic E-state index is 11.6. The van der Waals surface area contributed by atoms with Gasteiger partial charge in [0.25, 0.3) is 5.24 Å². The van der Waals surface area contributed by atoms with Crippen LogP contribution in [0.3, 0.4) is 0 Å². The highest BCUT2D eigenvalue weighted by Gasteiger charge is 2.22. The zero-order valence-electron chi connectivity index (χ0n) is 16.1. The molecule has 4 rings (SSSR count). The first-order valence-electron chi connectivity index (χ1n) is 9.13. The van der Waals surface area contributed by atoms with E-state index < -0.39 is 0 Å². The van der Waals surface area contributed by atoms with E-state index >= 15 is 0 Å². The molecule has 1 aliphatic rings. The molecule has 1 saturated heterocycles. The lowest BCUT2D eigenvalue weighted by atomic mass is 10.1. The van der Waals surface area contributed by atoms with Crippen LogP contribution in [-0.2, 0) is 6.61 Å². The van der Waals surface area contributed by atoms with E-state index in [1.165, 1.54) is 10.8 Å². The fraction of sp³-hybridized carbons (Fsp3) is 0.130. The number of amidine groups is 1. The van der Waals surface area contributed by atoms with Crippen LogP contribution < -0.4 is 14.8 Å². The number of nitrogens with one attached hydrogen (secondary N) is 1. The highest BCUT2D eigenvalue weighted by molar-refractivity contribution is 8.18. The number of nitrogens with zero attached hydrogens (tertiary/aromatic N) is 1. The second kappa shape index (κ2) is 8.41. The number of rotatable bonds is 5.